The summed E-state index contributed by atoms with van der Waals surface area (Å²) in [6.45, 7) is 0. The monoisotopic (exact) mass is 258 g/mol. The average molecular weight is 258 g/mol. The van der Waals surface area contributed by atoms with Gasteiger partial charge in [-0.25, -0.2) is 4.79 Å². The van der Waals surface area contributed by atoms with E-state index in [1.54, 1.807) is 13.2 Å². The fourth-order valence-electron chi connectivity index (χ4n) is 1.87. The van der Waals surface area contributed by atoms with Gasteiger partial charge < -0.3 is 14.6 Å². The number of carbonyl (C=O) groups is 1. The predicted molar refractivity (Wildman–Crippen MR) is 73.1 cm³/mol. The molecular formula is C15H14O4. The van der Waals surface area contributed by atoms with Gasteiger partial charge in [-0.3, -0.25) is 0 Å². The van der Waals surface area contributed by atoms with Crippen LogP contribution in [0.25, 0.3) is 16.3 Å². The zero-order chi connectivity index (χ0) is 13.8. The predicted octanol–water partition coefficient (Wildman–Crippen LogP) is 2.92. The largest absolute Gasteiger partial charge is 0.515 e. The van der Waals surface area contributed by atoms with Crippen molar-refractivity contribution in [1.82, 2.24) is 0 Å². The van der Waals surface area contributed by atoms with Crippen LogP contribution in [0, 0.1) is 0 Å². The first-order chi connectivity index (χ1) is 9.19. The fraction of sp³-hybridized carbons (Fsp3) is 0.133. The Morgan fingerprint density at radius 3 is 2.42 bits per heavy atom. The minimum atomic E-state index is -0.574. The Balaban J connectivity index is 2.50. The van der Waals surface area contributed by atoms with Crippen molar-refractivity contribution in [3.8, 4) is 5.75 Å². The molecule has 0 aliphatic rings. The van der Waals surface area contributed by atoms with Crippen LogP contribution in [0.5, 0.6) is 5.75 Å². The van der Waals surface area contributed by atoms with Crippen LogP contribution in [0.4, 0.5) is 0 Å². The van der Waals surface area contributed by atoms with Crippen LogP contribution >= 0.6 is 0 Å². The first-order valence-corrected chi connectivity index (χ1v) is 5.70. The third kappa shape index (κ3) is 2.52. The molecule has 2 rings (SSSR count). The second-order valence-electron chi connectivity index (χ2n) is 3.96. The van der Waals surface area contributed by atoms with Crippen molar-refractivity contribution < 1.29 is 19.4 Å². The van der Waals surface area contributed by atoms with Gasteiger partial charge in [0, 0.05) is 0 Å². The molecule has 0 aliphatic heterocycles. The number of ether oxygens (including phenoxy) is 2. The van der Waals surface area contributed by atoms with Crippen molar-refractivity contribution in [3.05, 3.63) is 48.2 Å². The molecule has 4 heteroatoms. The maximum absolute atomic E-state index is 11.5. The molecule has 2 aromatic rings. The number of benzene rings is 2. The van der Waals surface area contributed by atoms with E-state index in [1.165, 1.54) is 7.11 Å². The summed E-state index contributed by atoms with van der Waals surface area (Å²) >= 11 is 0. The molecule has 0 amide bonds. The highest BCUT2D eigenvalue weighted by atomic mass is 16.5. The number of hydrogen-bond donors (Lipinski definition) is 1. The summed E-state index contributed by atoms with van der Waals surface area (Å²) in [5.74, 6) is 0.196. The summed E-state index contributed by atoms with van der Waals surface area (Å²) in [5.41, 5.74) is 0.729. The molecule has 0 spiro atoms. The molecule has 0 heterocycles. The lowest BCUT2D eigenvalue weighted by molar-refractivity contribution is -0.133. The Morgan fingerprint density at radius 2 is 1.79 bits per heavy atom. The lowest BCUT2D eigenvalue weighted by Crippen LogP contribution is -2.03. The van der Waals surface area contributed by atoms with Crippen LogP contribution in [-0.4, -0.2) is 25.3 Å². The Bertz CT molecular complexity index is 644. The summed E-state index contributed by atoms with van der Waals surface area (Å²) in [6.07, 6.45) is 0.760. The zero-order valence-electron chi connectivity index (χ0n) is 10.7. The molecular weight excluding hydrogens is 244 g/mol. The maximum atomic E-state index is 11.5. The summed E-state index contributed by atoms with van der Waals surface area (Å²) in [5, 5.41) is 11.1. The van der Waals surface area contributed by atoms with Gasteiger partial charge in [-0.1, -0.05) is 18.2 Å². The summed E-state index contributed by atoms with van der Waals surface area (Å²) < 4.78 is 9.77. The van der Waals surface area contributed by atoms with E-state index in [0.717, 1.165) is 22.8 Å². The lowest BCUT2D eigenvalue weighted by atomic mass is 10.0. The molecule has 4 nitrogen and oxygen atoms in total. The minimum Gasteiger partial charge on any atom is -0.515 e. The number of hydrogen-bond acceptors (Lipinski definition) is 4. The van der Waals surface area contributed by atoms with E-state index in [-0.39, 0.29) is 5.57 Å². The quantitative estimate of drug-likeness (QED) is 0.522. The number of aliphatic hydroxyl groups is 1. The van der Waals surface area contributed by atoms with E-state index in [9.17, 15) is 4.79 Å². The molecule has 0 aliphatic carbocycles. The summed E-state index contributed by atoms with van der Waals surface area (Å²) in [7, 11) is 2.89. The summed E-state index contributed by atoms with van der Waals surface area (Å²) in [6, 6.07) is 11.1. The van der Waals surface area contributed by atoms with Crippen LogP contribution < -0.4 is 4.74 Å². The van der Waals surface area contributed by atoms with E-state index in [2.05, 4.69) is 4.74 Å². The second-order valence-corrected chi connectivity index (χ2v) is 3.96. The molecule has 0 fully saturated rings. The van der Waals surface area contributed by atoms with Crippen molar-refractivity contribution in [2.75, 3.05) is 14.2 Å². The van der Waals surface area contributed by atoms with E-state index in [0.29, 0.717) is 5.56 Å². The van der Waals surface area contributed by atoms with Gasteiger partial charge in [0.15, 0.2) is 0 Å². The highest BCUT2D eigenvalue weighted by Gasteiger charge is 2.13. The molecule has 0 bridgehead atoms. The van der Waals surface area contributed by atoms with E-state index >= 15 is 0 Å². The third-order valence-electron chi connectivity index (χ3n) is 2.89. The van der Waals surface area contributed by atoms with Crippen LogP contribution in [-0.2, 0) is 9.53 Å². The Labute approximate surface area is 110 Å². The molecule has 1 N–H and O–H groups in total. The van der Waals surface area contributed by atoms with Crippen LogP contribution in [0.2, 0.25) is 0 Å². The van der Waals surface area contributed by atoms with Crippen LogP contribution in [0.3, 0.4) is 0 Å². The number of rotatable bonds is 3. The molecule has 0 unspecified atom stereocenters. The number of esters is 1. The molecule has 19 heavy (non-hydrogen) atoms. The Morgan fingerprint density at radius 1 is 1.11 bits per heavy atom. The first kappa shape index (κ1) is 13.0. The first-order valence-electron chi connectivity index (χ1n) is 5.70. The van der Waals surface area contributed by atoms with Gasteiger partial charge in [0.05, 0.1) is 20.5 Å². The highest BCUT2D eigenvalue weighted by molar-refractivity contribution is 6.16. The minimum absolute atomic E-state index is 0.125. The smallest absolute Gasteiger partial charge is 0.341 e. The SMILES string of the molecule is COC(=O)/C(=C\O)c1ccc2cc(OC)ccc2c1. The third-order valence-corrected chi connectivity index (χ3v) is 2.89. The van der Waals surface area contributed by atoms with Crippen LogP contribution in [0.1, 0.15) is 5.56 Å². The van der Waals surface area contributed by atoms with Gasteiger partial charge >= 0.3 is 5.97 Å². The van der Waals surface area contributed by atoms with Gasteiger partial charge in [0.1, 0.15) is 11.3 Å². The van der Waals surface area contributed by atoms with Gasteiger partial charge in [-0.2, -0.15) is 0 Å². The molecule has 0 aromatic heterocycles. The van der Waals surface area contributed by atoms with Crippen LogP contribution in [0.15, 0.2) is 42.7 Å². The molecule has 0 saturated carbocycles. The van der Waals surface area contributed by atoms with Crippen molar-refractivity contribution in [2.45, 2.75) is 0 Å². The molecule has 0 atom stereocenters. The Kier molecular flexibility index (Phi) is 3.71. The highest BCUT2D eigenvalue weighted by Crippen LogP contribution is 2.25. The normalized spacial score (nSPS) is 11.4. The molecule has 2 aromatic carbocycles. The van der Waals surface area contributed by atoms with Gasteiger partial charge in [-0.05, 0) is 34.5 Å². The van der Waals surface area contributed by atoms with Crippen molar-refractivity contribution >= 4 is 22.3 Å². The van der Waals surface area contributed by atoms with E-state index < -0.39 is 5.97 Å². The fourth-order valence-corrected chi connectivity index (χ4v) is 1.87. The lowest BCUT2D eigenvalue weighted by Gasteiger charge is -2.07. The summed E-state index contributed by atoms with van der Waals surface area (Å²) in [4.78, 5) is 11.5. The second kappa shape index (κ2) is 5.44. The van der Waals surface area contributed by atoms with Gasteiger partial charge in [-0.15, -0.1) is 0 Å². The topological polar surface area (TPSA) is 55.8 Å². The molecule has 0 radical (unpaired) electrons. The van der Waals surface area contributed by atoms with Gasteiger partial charge in [0.25, 0.3) is 0 Å². The number of fused-ring (bicyclic) bond motifs is 1. The van der Waals surface area contributed by atoms with E-state index in [4.69, 9.17) is 9.84 Å². The average Bonchev–Trinajstić information content (AvgIpc) is 2.47. The van der Waals surface area contributed by atoms with Crippen molar-refractivity contribution in [1.29, 1.82) is 0 Å². The van der Waals surface area contributed by atoms with Gasteiger partial charge in [0.2, 0.25) is 0 Å². The standard InChI is InChI=1S/C15H14O4/c1-18-13-6-5-10-7-12(4-3-11(10)8-13)14(9-16)15(17)19-2/h3-9,16H,1-2H3/b14-9-. The number of aliphatic hydroxyl groups excluding tert-OH is 1. The molecule has 0 saturated heterocycles. The Hall–Kier alpha value is -2.49. The molecule has 98 valence electrons. The van der Waals surface area contributed by atoms with Crippen molar-refractivity contribution in [2.24, 2.45) is 0 Å². The van der Waals surface area contributed by atoms with E-state index in [1.807, 2.05) is 30.3 Å². The number of carbonyl (C=O) groups excluding carboxylic acids is 1. The van der Waals surface area contributed by atoms with Crippen molar-refractivity contribution in [3.63, 3.8) is 0 Å². The maximum Gasteiger partial charge on any atom is 0.341 e. The zero-order valence-corrected chi connectivity index (χ0v) is 10.7. The number of methoxy groups -OCH3 is 2.